The molecule has 1 fully saturated rings. The molecule has 0 aromatic carbocycles. The number of nitrogens with one attached hydrogen (secondary N) is 2. The van der Waals surface area contributed by atoms with E-state index in [1.165, 1.54) is 5.69 Å². The molecule has 2 amide bonds. The van der Waals surface area contributed by atoms with Crippen LogP contribution in [0.1, 0.15) is 17.8 Å². The summed E-state index contributed by atoms with van der Waals surface area (Å²) >= 11 is 0. The number of anilines is 2. The van der Waals surface area contributed by atoms with Gasteiger partial charge in [-0.1, -0.05) is 0 Å². The maximum absolute atomic E-state index is 12.4. The van der Waals surface area contributed by atoms with Gasteiger partial charge in [-0.2, -0.15) is 4.98 Å². The van der Waals surface area contributed by atoms with Gasteiger partial charge in [0.25, 0.3) is 0 Å². The number of aromatic nitrogens is 4. The van der Waals surface area contributed by atoms with Crippen LogP contribution in [0.25, 0.3) is 0 Å². The molecule has 9 heteroatoms. The third-order valence-corrected chi connectivity index (χ3v) is 4.30. The molecular formula is C16H24N8O. The van der Waals surface area contributed by atoms with E-state index in [9.17, 15) is 4.79 Å². The first kappa shape index (κ1) is 17.0. The normalized spacial score (nSPS) is 15.1. The van der Waals surface area contributed by atoms with Crippen molar-refractivity contribution in [2.45, 2.75) is 19.8 Å². The summed E-state index contributed by atoms with van der Waals surface area (Å²) in [4.78, 5) is 24.7. The second-order valence-electron chi connectivity index (χ2n) is 6.11. The SMILES string of the molecule is Cc1cnccc1N1CCCN(C(=O)NCCc2nc(N)n[nH]2)CC1. The number of nitrogens with zero attached hydrogens (tertiary/aromatic N) is 5. The number of nitrogen functional groups attached to an aromatic ring is 1. The molecule has 1 aliphatic heterocycles. The Labute approximate surface area is 146 Å². The molecule has 0 spiro atoms. The van der Waals surface area contributed by atoms with Gasteiger partial charge >= 0.3 is 6.03 Å². The number of aryl methyl sites for hydroxylation is 1. The highest BCUT2D eigenvalue weighted by atomic mass is 16.2. The first-order valence-electron chi connectivity index (χ1n) is 8.48. The minimum atomic E-state index is -0.0409. The van der Waals surface area contributed by atoms with Crippen molar-refractivity contribution in [3.63, 3.8) is 0 Å². The highest BCUT2D eigenvalue weighted by Gasteiger charge is 2.19. The number of hydrogen-bond donors (Lipinski definition) is 3. The highest BCUT2D eigenvalue weighted by Crippen LogP contribution is 2.19. The maximum atomic E-state index is 12.4. The molecule has 9 nitrogen and oxygen atoms in total. The molecule has 3 rings (SSSR count). The van der Waals surface area contributed by atoms with E-state index < -0.39 is 0 Å². The first-order valence-corrected chi connectivity index (χ1v) is 8.48. The number of carbonyl (C=O) groups is 1. The van der Waals surface area contributed by atoms with Crippen LogP contribution in [0.4, 0.5) is 16.4 Å². The standard InChI is InChI=1S/C16H24N8O/c1-12-11-18-5-3-13(12)23-7-2-8-24(10-9-23)16(25)19-6-4-14-20-15(17)22-21-14/h3,5,11H,2,4,6-10H2,1H3,(H,19,25)(H3,17,20,21,22). The Morgan fingerprint density at radius 1 is 1.36 bits per heavy atom. The van der Waals surface area contributed by atoms with E-state index in [1.807, 2.05) is 23.4 Å². The van der Waals surface area contributed by atoms with Crippen LogP contribution in [-0.2, 0) is 6.42 Å². The van der Waals surface area contributed by atoms with Crippen LogP contribution in [0.2, 0.25) is 0 Å². The fourth-order valence-corrected chi connectivity index (χ4v) is 3.00. The molecule has 0 radical (unpaired) electrons. The second-order valence-corrected chi connectivity index (χ2v) is 6.11. The summed E-state index contributed by atoms with van der Waals surface area (Å²) in [6.45, 7) is 5.76. The van der Waals surface area contributed by atoms with Gasteiger partial charge in [0, 0.05) is 57.2 Å². The number of aromatic amines is 1. The number of hydrogen-bond acceptors (Lipinski definition) is 6. The summed E-state index contributed by atoms with van der Waals surface area (Å²) in [6.07, 6.45) is 5.20. The number of rotatable bonds is 4. The molecule has 1 aliphatic rings. The molecule has 25 heavy (non-hydrogen) atoms. The fraction of sp³-hybridized carbons (Fsp3) is 0.500. The number of urea groups is 1. The van der Waals surface area contributed by atoms with E-state index in [0.29, 0.717) is 25.3 Å². The van der Waals surface area contributed by atoms with Gasteiger partial charge in [0.2, 0.25) is 5.95 Å². The van der Waals surface area contributed by atoms with Crippen LogP contribution >= 0.6 is 0 Å². The molecule has 2 aromatic heterocycles. The minimum Gasteiger partial charge on any atom is -0.369 e. The molecule has 0 atom stereocenters. The molecular weight excluding hydrogens is 320 g/mol. The van der Waals surface area contributed by atoms with E-state index in [0.717, 1.165) is 31.6 Å². The lowest BCUT2D eigenvalue weighted by atomic mass is 10.2. The van der Waals surface area contributed by atoms with Gasteiger partial charge in [-0.3, -0.25) is 10.1 Å². The predicted molar refractivity (Wildman–Crippen MR) is 95.3 cm³/mol. The van der Waals surface area contributed by atoms with E-state index >= 15 is 0 Å². The van der Waals surface area contributed by atoms with E-state index in [4.69, 9.17) is 5.73 Å². The zero-order valence-corrected chi connectivity index (χ0v) is 14.4. The quantitative estimate of drug-likeness (QED) is 0.746. The van der Waals surface area contributed by atoms with Crippen LogP contribution in [0, 0.1) is 6.92 Å². The average molecular weight is 344 g/mol. The smallest absolute Gasteiger partial charge is 0.317 e. The molecule has 0 saturated carbocycles. The van der Waals surface area contributed by atoms with Crippen molar-refractivity contribution < 1.29 is 4.79 Å². The van der Waals surface area contributed by atoms with Crippen LogP contribution in [0.3, 0.4) is 0 Å². The van der Waals surface area contributed by atoms with Crippen molar-refractivity contribution in [1.82, 2.24) is 30.4 Å². The second kappa shape index (κ2) is 7.82. The van der Waals surface area contributed by atoms with E-state index in [-0.39, 0.29) is 12.0 Å². The van der Waals surface area contributed by atoms with Crippen LogP contribution < -0.4 is 16.0 Å². The summed E-state index contributed by atoms with van der Waals surface area (Å²) in [7, 11) is 0. The monoisotopic (exact) mass is 344 g/mol. The van der Waals surface area contributed by atoms with Crippen LogP contribution in [0.5, 0.6) is 0 Å². The Kier molecular flexibility index (Phi) is 5.32. The Balaban J connectivity index is 1.48. The molecule has 0 bridgehead atoms. The molecule has 4 N–H and O–H groups in total. The number of carbonyl (C=O) groups excluding carboxylic acids is 1. The van der Waals surface area contributed by atoms with Crippen molar-refractivity contribution in [3.05, 3.63) is 29.8 Å². The minimum absolute atomic E-state index is 0.0409. The Morgan fingerprint density at radius 2 is 2.24 bits per heavy atom. The number of H-pyrrole nitrogens is 1. The van der Waals surface area contributed by atoms with Crippen molar-refractivity contribution in [2.24, 2.45) is 0 Å². The Bertz CT molecular complexity index is 716. The zero-order valence-electron chi connectivity index (χ0n) is 14.4. The largest absolute Gasteiger partial charge is 0.369 e. The molecule has 0 unspecified atom stereocenters. The number of amides is 2. The summed E-state index contributed by atoms with van der Waals surface area (Å²) in [5.41, 5.74) is 7.81. The molecule has 0 aliphatic carbocycles. The summed E-state index contributed by atoms with van der Waals surface area (Å²) in [5.74, 6) is 0.897. The number of pyridine rings is 1. The summed E-state index contributed by atoms with van der Waals surface area (Å²) < 4.78 is 0. The maximum Gasteiger partial charge on any atom is 0.317 e. The molecule has 2 aromatic rings. The predicted octanol–water partition coefficient (Wildman–Crippen LogP) is 0.555. The fourth-order valence-electron chi connectivity index (χ4n) is 3.00. The summed E-state index contributed by atoms with van der Waals surface area (Å²) in [5, 5.41) is 9.44. The number of nitrogens with two attached hydrogens (primary N) is 1. The lowest BCUT2D eigenvalue weighted by Gasteiger charge is -2.25. The van der Waals surface area contributed by atoms with Gasteiger partial charge in [0.15, 0.2) is 0 Å². The molecule has 134 valence electrons. The van der Waals surface area contributed by atoms with Gasteiger partial charge in [-0.05, 0) is 25.0 Å². The van der Waals surface area contributed by atoms with Gasteiger partial charge in [-0.15, -0.1) is 5.10 Å². The van der Waals surface area contributed by atoms with Crippen molar-refractivity contribution in [2.75, 3.05) is 43.4 Å². The van der Waals surface area contributed by atoms with Gasteiger partial charge < -0.3 is 20.9 Å². The van der Waals surface area contributed by atoms with Gasteiger partial charge in [0.05, 0.1) is 0 Å². The zero-order chi connectivity index (χ0) is 17.6. The van der Waals surface area contributed by atoms with Gasteiger partial charge in [0.1, 0.15) is 5.82 Å². The van der Waals surface area contributed by atoms with Crippen molar-refractivity contribution in [1.29, 1.82) is 0 Å². The topological polar surface area (TPSA) is 116 Å². The van der Waals surface area contributed by atoms with Crippen molar-refractivity contribution in [3.8, 4) is 0 Å². The lowest BCUT2D eigenvalue weighted by Crippen LogP contribution is -2.42. The van der Waals surface area contributed by atoms with E-state index in [2.05, 4.69) is 37.3 Å². The highest BCUT2D eigenvalue weighted by molar-refractivity contribution is 5.74. The summed E-state index contributed by atoms with van der Waals surface area (Å²) in [6, 6.07) is 1.99. The Hall–Kier alpha value is -2.84. The van der Waals surface area contributed by atoms with E-state index in [1.54, 1.807) is 0 Å². The third kappa shape index (κ3) is 4.37. The average Bonchev–Trinajstić information content (AvgIpc) is 2.87. The molecule has 1 saturated heterocycles. The first-order chi connectivity index (χ1) is 12.1. The van der Waals surface area contributed by atoms with Crippen LogP contribution in [-0.4, -0.2) is 63.8 Å². The molecule has 3 heterocycles. The van der Waals surface area contributed by atoms with Crippen LogP contribution in [0.15, 0.2) is 18.5 Å². The third-order valence-electron chi connectivity index (χ3n) is 4.30. The lowest BCUT2D eigenvalue weighted by molar-refractivity contribution is 0.201. The van der Waals surface area contributed by atoms with Crippen molar-refractivity contribution >= 4 is 17.7 Å². The Morgan fingerprint density at radius 3 is 3.00 bits per heavy atom. The van der Waals surface area contributed by atoms with Gasteiger partial charge in [-0.25, -0.2) is 4.79 Å².